The van der Waals surface area contributed by atoms with Crippen LogP contribution in [0.25, 0.3) is 93.6 Å². The number of hydrogen-bond donors (Lipinski definition) is 0. The van der Waals surface area contributed by atoms with Gasteiger partial charge in [-0.3, -0.25) is 0 Å². The Kier molecular flexibility index (Phi) is 14.7. The fourth-order valence-electron chi connectivity index (χ4n) is 21.2. The molecule has 6 aliphatic carbocycles. The Morgan fingerprint density at radius 1 is 0.304 bits per heavy atom. The molecule has 0 bridgehead atoms. The fraction of sp³-hybridized carbons (Fsp3) is 0.250. The average Bonchev–Trinajstić information content (AvgIpc) is 0.720. The Bertz CT molecular complexity index is 5380. The Morgan fingerprint density at radius 2 is 0.735 bits per heavy atom. The molecule has 13 aromatic rings. The van der Waals surface area contributed by atoms with Crippen molar-refractivity contribution in [3.8, 4) is 28.2 Å². The van der Waals surface area contributed by atoms with Gasteiger partial charge in [-0.05, 0) is 257 Å². The van der Waals surface area contributed by atoms with E-state index < -0.39 is 0 Å². The van der Waals surface area contributed by atoms with Crippen molar-refractivity contribution >= 4 is 111 Å². The van der Waals surface area contributed by atoms with E-state index in [1.807, 2.05) is 0 Å². The summed E-state index contributed by atoms with van der Waals surface area (Å²) in [5.41, 5.74) is 30.1. The Morgan fingerprint density at radius 3 is 1.18 bits per heavy atom. The normalized spacial score (nSPS) is 21.9. The number of rotatable bonds is 10. The van der Waals surface area contributed by atoms with Gasteiger partial charge in [0.25, 0.3) is 6.71 Å². The van der Waals surface area contributed by atoms with Crippen molar-refractivity contribution in [2.75, 3.05) is 9.80 Å². The summed E-state index contributed by atoms with van der Waals surface area (Å²) in [4.78, 5) is 6.13. The molecule has 102 heavy (non-hydrogen) atoms. The average molecular weight is 1320 g/mol. The molecule has 0 saturated carbocycles. The largest absolute Gasteiger partial charge is 0.334 e. The number of para-hydroxylation sites is 6. The maximum absolute atomic E-state index is 3.06. The van der Waals surface area contributed by atoms with E-state index in [4.69, 9.17) is 0 Å². The van der Waals surface area contributed by atoms with Crippen LogP contribution in [0.3, 0.4) is 0 Å². The molecule has 6 unspecified atom stereocenters. The van der Waals surface area contributed by atoms with Gasteiger partial charge < -0.3 is 23.5 Å². The molecule has 0 fully saturated rings. The fourth-order valence-corrected chi connectivity index (χ4v) is 21.2. The highest BCUT2D eigenvalue weighted by atomic mass is 15.2. The van der Waals surface area contributed by atoms with Gasteiger partial charge in [0.2, 0.25) is 0 Å². The van der Waals surface area contributed by atoms with Gasteiger partial charge in [0.1, 0.15) is 0 Å². The van der Waals surface area contributed by atoms with E-state index in [0.29, 0.717) is 23.7 Å². The van der Waals surface area contributed by atoms with Crippen LogP contribution in [0.1, 0.15) is 116 Å². The lowest BCUT2D eigenvalue weighted by Crippen LogP contribution is -2.65. The first-order chi connectivity index (χ1) is 50.7. The molecule has 5 heterocycles. The molecule has 0 spiro atoms. The molecule has 0 saturated heterocycles. The van der Waals surface area contributed by atoms with Crippen LogP contribution in [0.4, 0.5) is 22.7 Å². The summed E-state index contributed by atoms with van der Waals surface area (Å²) >= 11 is 0. The minimum atomic E-state index is -0.0748. The van der Waals surface area contributed by atoms with Crippen molar-refractivity contribution in [2.24, 2.45) is 23.7 Å². The molecule has 0 radical (unpaired) electrons. The molecule has 3 aromatic heterocycles. The summed E-state index contributed by atoms with van der Waals surface area (Å²) in [5.74, 6) is 1.62. The lowest BCUT2D eigenvalue weighted by atomic mass is 9.33. The van der Waals surface area contributed by atoms with Crippen LogP contribution in [0.2, 0.25) is 0 Å². The molecular formula is C96H86BN5. The van der Waals surface area contributed by atoms with Crippen LogP contribution in [-0.2, 0) is 0 Å². The van der Waals surface area contributed by atoms with Gasteiger partial charge in [0.15, 0.2) is 0 Å². The van der Waals surface area contributed by atoms with Crippen molar-refractivity contribution < 1.29 is 0 Å². The molecule has 6 heteroatoms. The second-order valence-electron chi connectivity index (χ2n) is 30.9. The highest BCUT2D eigenvalue weighted by Gasteiger charge is 2.51. The van der Waals surface area contributed by atoms with Crippen LogP contribution >= 0.6 is 0 Å². The van der Waals surface area contributed by atoms with Crippen molar-refractivity contribution in [2.45, 2.75) is 128 Å². The van der Waals surface area contributed by atoms with E-state index in [-0.39, 0.29) is 18.8 Å². The monoisotopic (exact) mass is 1320 g/mol. The Balaban J connectivity index is 0.904. The van der Waals surface area contributed by atoms with E-state index in [9.17, 15) is 0 Å². The van der Waals surface area contributed by atoms with Crippen LogP contribution in [-0.4, -0.2) is 32.5 Å². The SMILES string of the molecule is C1=CCC(C2=CCCC(C3=CCCCC3)C2N2c3cc(-n4c5ccccc5c5ccccc54)ccc3B3c4ccc(-n5c6ccccc6c6ccccc65)cc4N(C4C(C5CC=CCC5)=CCCC4C4=CCCCC4)c4cc(-c5ccc6c(c5)c5ccccc5n6-c5ccccc5)cc2c43)CC1. The quantitative estimate of drug-likeness (QED) is 0.101. The minimum absolute atomic E-state index is 0.0748. The number of fused-ring (bicyclic) bond motifs is 13. The molecule has 0 amide bonds. The lowest BCUT2D eigenvalue weighted by molar-refractivity contribution is 0.391. The number of hydrogen-bond acceptors (Lipinski definition) is 2. The zero-order valence-electron chi connectivity index (χ0n) is 58.4. The van der Waals surface area contributed by atoms with Gasteiger partial charge in [-0.15, -0.1) is 0 Å². The van der Waals surface area contributed by atoms with Crippen molar-refractivity contribution in [1.29, 1.82) is 0 Å². The first-order valence-electron chi connectivity index (χ1n) is 38.8. The summed E-state index contributed by atoms with van der Waals surface area (Å²) in [6.07, 6.45) is 42.1. The van der Waals surface area contributed by atoms with Crippen LogP contribution in [0.5, 0.6) is 0 Å². The Labute approximate surface area is 599 Å². The summed E-state index contributed by atoms with van der Waals surface area (Å²) < 4.78 is 7.68. The van der Waals surface area contributed by atoms with Crippen molar-refractivity contribution in [3.63, 3.8) is 0 Å². The molecular weight excluding hydrogens is 1230 g/mol. The molecule has 10 aromatic carbocycles. The third-order valence-electron chi connectivity index (χ3n) is 25.6. The molecule has 21 rings (SSSR count). The van der Waals surface area contributed by atoms with E-state index >= 15 is 0 Å². The van der Waals surface area contributed by atoms with Gasteiger partial charge in [-0.2, -0.15) is 0 Å². The van der Waals surface area contributed by atoms with Crippen LogP contribution < -0.4 is 26.2 Å². The van der Waals surface area contributed by atoms with E-state index in [0.717, 1.165) is 51.4 Å². The first kappa shape index (κ1) is 60.5. The van der Waals surface area contributed by atoms with Gasteiger partial charge >= 0.3 is 0 Å². The first-order valence-corrected chi connectivity index (χ1v) is 38.8. The molecule has 5 nitrogen and oxygen atoms in total. The second kappa shape index (κ2) is 24.8. The predicted octanol–water partition coefficient (Wildman–Crippen LogP) is 23.2. The highest BCUT2D eigenvalue weighted by Crippen LogP contribution is 2.54. The van der Waals surface area contributed by atoms with Crippen LogP contribution in [0.15, 0.2) is 289 Å². The third-order valence-corrected chi connectivity index (χ3v) is 25.6. The highest BCUT2D eigenvalue weighted by molar-refractivity contribution is 7.00. The standard InChI is InChI=1S/C96H86BN5/c1-6-28-63(29-7-1)72-43-26-44-73(64-30-8-2-9-31-64)95(72)101-90-61-70(99-84-47-21-16-38-76(84)77-39-17-22-48-85(77)99)53-55-82(90)97-83-56-54-71(100-86-49-23-18-40-78(86)79-41-19-24-50-87(79)100)62-91(83)102(96-74(65-32-10-3-11-33-65)45-27-46-75(96)66-34-12-4-13-35-66)93-60-68(59-92(101)94(93)97)67-52-57-89-81(58-67)80-42-20-25-51-88(80)98(89)69-36-14-5-15-37-69/h1,3,5-6,10,14-25,30,34,36-43,45,47-63,65,73,75,95-96H,2,4,7-9,11-13,26-29,31-33,35,44,46H2. The molecule has 2 aliphatic heterocycles. The molecule has 0 N–H and O–H groups in total. The zero-order valence-corrected chi connectivity index (χ0v) is 58.4. The summed E-state index contributed by atoms with van der Waals surface area (Å²) in [5, 5.41) is 7.74. The molecule has 498 valence electrons. The summed E-state index contributed by atoms with van der Waals surface area (Å²) in [6.45, 7) is -0.0748. The Hall–Kier alpha value is -10.3. The second-order valence-corrected chi connectivity index (χ2v) is 30.9. The topological polar surface area (TPSA) is 21.3 Å². The smallest absolute Gasteiger partial charge is 0.252 e. The summed E-state index contributed by atoms with van der Waals surface area (Å²) in [6, 6.07) is 85.7. The van der Waals surface area contributed by atoms with Gasteiger partial charge in [-0.25, -0.2) is 0 Å². The molecule has 8 aliphatic rings. The predicted molar refractivity (Wildman–Crippen MR) is 432 cm³/mol. The van der Waals surface area contributed by atoms with Crippen molar-refractivity contribution in [3.05, 3.63) is 289 Å². The van der Waals surface area contributed by atoms with E-state index in [2.05, 4.69) is 290 Å². The van der Waals surface area contributed by atoms with Gasteiger partial charge in [-0.1, -0.05) is 187 Å². The number of benzene rings is 10. The maximum Gasteiger partial charge on any atom is 0.252 e. The third kappa shape index (κ3) is 9.56. The number of aromatic nitrogens is 3. The summed E-state index contributed by atoms with van der Waals surface area (Å²) in [7, 11) is 0. The zero-order chi connectivity index (χ0) is 66.9. The lowest BCUT2D eigenvalue weighted by Gasteiger charge is -2.53. The van der Waals surface area contributed by atoms with Crippen molar-refractivity contribution in [1.82, 2.24) is 13.7 Å². The number of anilines is 4. The minimum Gasteiger partial charge on any atom is -0.334 e. The maximum atomic E-state index is 3.06. The van der Waals surface area contributed by atoms with Crippen LogP contribution in [0, 0.1) is 23.7 Å². The molecule has 6 atom stereocenters. The van der Waals surface area contributed by atoms with Gasteiger partial charge in [0.05, 0.1) is 45.2 Å². The number of nitrogens with zero attached hydrogens (tertiary/aromatic N) is 5. The van der Waals surface area contributed by atoms with Gasteiger partial charge in [0, 0.05) is 84.0 Å². The van der Waals surface area contributed by atoms with E-state index in [1.165, 1.54) is 197 Å². The van der Waals surface area contributed by atoms with E-state index in [1.54, 1.807) is 22.3 Å². The number of allylic oxidation sites excluding steroid dienone is 8.